The number of anilines is 1. The highest BCUT2D eigenvalue weighted by molar-refractivity contribution is 7.99. The summed E-state index contributed by atoms with van der Waals surface area (Å²) in [4.78, 5) is 27.1. The van der Waals surface area contributed by atoms with Crippen LogP contribution in [-0.2, 0) is 9.59 Å². The molecule has 1 fully saturated rings. The van der Waals surface area contributed by atoms with E-state index in [0.717, 1.165) is 5.69 Å². The van der Waals surface area contributed by atoms with Gasteiger partial charge in [0.2, 0.25) is 17.0 Å². The summed E-state index contributed by atoms with van der Waals surface area (Å²) in [5.41, 5.74) is 1.45. The Morgan fingerprint density at radius 2 is 1.83 bits per heavy atom. The largest absolute Gasteiger partial charge is 0.497 e. The van der Waals surface area contributed by atoms with Gasteiger partial charge in [-0.2, -0.15) is 0 Å². The second-order valence-electron chi connectivity index (χ2n) is 8.04. The fourth-order valence-corrected chi connectivity index (χ4v) is 4.68. The van der Waals surface area contributed by atoms with Gasteiger partial charge in [-0.25, -0.2) is 4.68 Å². The molecular formula is C24H28N6O4S. The zero-order chi connectivity index (χ0) is 24.8. The number of ether oxygens (including phenoxy) is 2. The van der Waals surface area contributed by atoms with Gasteiger partial charge in [-0.3, -0.25) is 9.59 Å². The summed E-state index contributed by atoms with van der Waals surface area (Å²) in [6.07, 6.45) is 1.26. The van der Waals surface area contributed by atoms with Gasteiger partial charge in [-0.15, -0.1) is 10.2 Å². The number of carbonyl (C=O) groups excluding carboxylic acids is 2. The minimum absolute atomic E-state index is 0.00426. The molecule has 2 amide bonds. The maximum atomic E-state index is 12.8. The lowest BCUT2D eigenvalue weighted by Crippen LogP contribution is -2.42. The Balaban J connectivity index is 1.30. The van der Waals surface area contributed by atoms with Gasteiger partial charge in [-0.05, 0) is 37.1 Å². The summed E-state index contributed by atoms with van der Waals surface area (Å²) >= 11 is 1.22. The van der Waals surface area contributed by atoms with E-state index in [2.05, 4.69) is 15.5 Å². The molecule has 2 heterocycles. The van der Waals surface area contributed by atoms with Crippen molar-refractivity contribution in [3.05, 3.63) is 48.5 Å². The third kappa shape index (κ3) is 5.68. The van der Waals surface area contributed by atoms with Crippen molar-refractivity contribution in [2.75, 3.05) is 44.2 Å². The van der Waals surface area contributed by atoms with E-state index in [9.17, 15) is 9.59 Å². The predicted molar refractivity (Wildman–Crippen MR) is 134 cm³/mol. The lowest BCUT2D eigenvalue weighted by molar-refractivity contribution is -0.132. The van der Waals surface area contributed by atoms with Gasteiger partial charge in [0.15, 0.2) is 5.82 Å². The highest BCUT2D eigenvalue weighted by Gasteiger charge is 2.28. The highest BCUT2D eigenvalue weighted by atomic mass is 32.2. The van der Waals surface area contributed by atoms with Gasteiger partial charge < -0.3 is 25.5 Å². The molecule has 1 aromatic heterocycles. The molecule has 184 valence electrons. The average molecular weight is 497 g/mol. The number of nitrogens with one attached hydrogen (secondary N) is 1. The maximum Gasteiger partial charge on any atom is 0.233 e. The van der Waals surface area contributed by atoms with Crippen LogP contribution in [0.25, 0.3) is 11.4 Å². The molecule has 10 nitrogen and oxygen atoms in total. The van der Waals surface area contributed by atoms with Crippen LogP contribution in [-0.4, -0.2) is 64.6 Å². The summed E-state index contributed by atoms with van der Waals surface area (Å²) in [6.45, 7) is 1.08. The number of amides is 2. The molecule has 11 heteroatoms. The van der Waals surface area contributed by atoms with E-state index >= 15 is 0 Å². The number of thioether (sulfide) groups is 1. The quantitative estimate of drug-likeness (QED) is 0.360. The van der Waals surface area contributed by atoms with Crippen molar-refractivity contribution in [2.24, 2.45) is 5.92 Å². The number of methoxy groups -OCH3 is 2. The van der Waals surface area contributed by atoms with Gasteiger partial charge in [0.05, 0.1) is 25.5 Å². The Hall–Kier alpha value is -3.73. The molecule has 0 atom stereocenters. The number of nitrogen functional groups attached to an aromatic ring is 1. The van der Waals surface area contributed by atoms with Crippen molar-refractivity contribution >= 4 is 29.3 Å². The number of aromatic nitrogens is 3. The molecule has 1 aliphatic heterocycles. The number of hydrogen-bond donors (Lipinski definition) is 2. The number of nitrogens with two attached hydrogens (primary N) is 1. The molecule has 3 aromatic rings. The molecule has 1 aliphatic rings. The number of carbonyl (C=O) groups is 2. The Morgan fingerprint density at radius 1 is 1.09 bits per heavy atom. The normalized spacial score (nSPS) is 13.9. The summed E-state index contributed by atoms with van der Waals surface area (Å²) in [7, 11) is 3.13. The topological polar surface area (TPSA) is 125 Å². The Labute approximate surface area is 207 Å². The van der Waals surface area contributed by atoms with E-state index in [1.54, 1.807) is 37.3 Å². The van der Waals surface area contributed by atoms with Crippen LogP contribution in [0.4, 0.5) is 5.69 Å². The van der Waals surface area contributed by atoms with Crippen LogP contribution in [0.5, 0.6) is 11.5 Å². The standard InChI is InChI=1S/C24H28N6O4S/c1-33-18-8-9-19(20(14-18)34-2)22-27-28-24(30(22)25)35-15-21(31)29-12-10-16(11-13-29)23(32)26-17-6-4-3-5-7-17/h3-9,14,16H,10-13,15,25H2,1-2H3,(H,26,32). The number of rotatable bonds is 8. The summed E-state index contributed by atoms with van der Waals surface area (Å²) in [5, 5.41) is 11.7. The van der Waals surface area contributed by atoms with Crippen molar-refractivity contribution < 1.29 is 19.1 Å². The van der Waals surface area contributed by atoms with Crippen LogP contribution < -0.4 is 20.6 Å². The molecule has 0 aliphatic carbocycles. The van der Waals surface area contributed by atoms with E-state index in [1.807, 2.05) is 30.3 Å². The van der Waals surface area contributed by atoms with Crippen LogP contribution in [0, 0.1) is 5.92 Å². The van der Waals surface area contributed by atoms with Gasteiger partial charge in [0.1, 0.15) is 11.5 Å². The zero-order valence-corrected chi connectivity index (χ0v) is 20.5. The summed E-state index contributed by atoms with van der Waals surface area (Å²) < 4.78 is 12.0. The molecule has 0 saturated carbocycles. The number of piperidine rings is 1. The second kappa shape index (κ2) is 11.1. The van der Waals surface area contributed by atoms with Gasteiger partial charge in [0, 0.05) is 30.8 Å². The Morgan fingerprint density at radius 3 is 2.51 bits per heavy atom. The van der Waals surface area contributed by atoms with Crippen LogP contribution in [0.1, 0.15) is 12.8 Å². The first-order chi connectivity index (χ1) is 17.0. The molecule has 2 aromatic carbocycles. The number of likely N-dealkylation sites (tertiary alicyclic amines) is 1. The van der Waals surface area contributed by atoms with Gasteiger partial charge in [-0.1, -0.05) is 30.0 Å². The number of para-hydroxylation sites is 1. The molecule has 35 heavy (non-hydrogen) atoms. The summed E-state index contributed by atoms with van der Waals surface area (Å²) in [6, 6.07) is 14.7. The molecule has 0 bridgehead atoms. The highest BCUT2D eigenvalue weighted by Crippen LogP contribution is 2.33. The van der Waals surface area contributed by atoms with E-state index in [1.165, 1.54) is 16.4 Å². The van der Waals surface area contributed by atoms with Crippen LogP contribution in [0.2, 0.25) is 0 Å². The Kier molecular flexibility index (Phi) is 7.76. The fourth-order valence-electron chi connectivity index (χ4n) is 3.92. The monoisotopic (exact) mass is 496 g/mol. The SMILES string of the molecule is COc1ccc(-c2nnc(SCC(=O)N3CCC(C(=O)Nc4ccccc4)CC3)n2N)c(OC)c1. The van der Waals surface area contributed by atoms with Crippen LogP contribution in [0.15, 0.2) is 53.7 Å². The predicted octanol–water partition coefficient (Wildman–Crippen LogP) is 2.65. The molecule has 1 saturated heterocycles. The van der Waals surface area contributed by atoms with Crippen LogP contribution >= 0.6 is 11.8 Å². The first-order valence-corrected chi connectivity index (χ1v) is 12.2. The van der Waals surface area contributed by atoms with Crippen molar-refractivity contribution in [2.45, 2.75) is 18.0 Å². The molecule has 0 radical (unpaired) electrons. The molecule has 0 unspecified atom stereocenters. The molecule has 4 rings (SSSR count). The fraction of sp³-hybridized carbons (Fsp3) is 0.333. The second-order valence-corrected chi connectivity index (χ2v) is 8.98. The maximum absolute atomic E-state index is 12.8. The minimum atomic E-state index is -0.110. The van der Waals surface area contributed by atoms with Gasteiger partial charge >= 0.3 is 0 Å². The van der Waals surface area contributed by atoms with E-state index in [-0.39, 0.29) is 23.5 Å². The lowest BCUT2D eigenvalue weighted by atomic mass is 9.96. The first-order valence-electron chi connectivity index (χ1n) is 11.2. The van der Waals surface area contributed by atoms with E-state index in [0.29, 0.717) is 54.0 Å². The lowest BCUT2D eigenvalue weighted by Gasteiger charge is -2.31. The Bertz CT molecular complexity index is 1180. The van der Waals surface area contributed by atoms with Crippen molar-refractivity contribution in [1.82, 2.24) is 19.8 Å². The van der Waals surface area contributed by atoms with E-state index < -0.39 is 0 Å². The van der Waals surface area contributed by atoms with Gasteiger partial charge in [0.25, 0.3) is 0 Å². The molecule has 0 spiro atoms. The molecule has 3 N–H and O–H groups in total. The number of benzene rings is 2. The van der Waals surface area contributed by atoms with Crippen molar-refractivity contribution in [3.8, 4) is 22.9 Å². The van der Waals surface area contributed by atoms with Crippen molar-refractivity contribution in [1.29, 1.82) is 0 Å². The molecular weight excluding hydrogens is 468 g/mol. The minimum Gasteiger partial charge on any atom is -0.497 e. The summed E-state index contributed by atoms with van der Waals surface area (Å²) in [5.74, 6) is 7.88. The number of hydrogen-bond acceptors (Lipinski definition) is 8. The zero-order valence-electron chi connectivity index (χ0n) is 19.6. The first kappa shape index (κ1) is 24.4. The average Bonchev–Trinajstić information content (AvgIpc) is 3.27. The van der Waals surface area contributed by atoms with Crippen LogP contribution in [0.3, 0.4) is 0 Å². The third-order valence-corrected chi connectivity index (χ3v) is 6.83. The van der Waals surface area contributed by atoms with E-state index in [4.69, 9.17) is 15.3 Å². The third-order valence-electron chi connectivity index (χ3n) is 5.90. The van der Waals surface area contributed by atoms with Crippen molar-refractivity contribution in [3.63, 3.8) is 0 Å². The number of nitrogens with zero attached hydrogens (tertiary/aromatic N) is 4. The smallest absolute Gasteiger partial charge is 0.233 e.